The van der Waals surface area contributed by atoms with Gasteiger partial charge in [0.15, 0.2) is 0 Å². The van der Waals surface area contributed by atoms with Crippen LogP contribution in [0.1, 0.15) is 11.1 Å². The van der Waals surface area contributed by atoms with Crippen molar-refractivity contribution in [3.8, 4) is 0 Å². The number of nitrogens with one attached hydrogen (secondary N) is 2. The largest absolute Gasteiger partial charge is 0.419 e. The SMILES string of the molecule is O=C(NCc1ccncc1)Nc1ccc(F)c(C(F)(F)F)c1. The summed E-state index contributed by atoms with van der Waals surface area (Å²) in [7, 11) is 0. The molecule has 2 N–H and O–H groups in total. The Labute approximate surface area is 123 Å². The summed E-state index contributed by atoms with van der Waals surface area (Å²) in [5.41, 5.74) is -0.805. The Balaban J connectivity index is 2.00. The number of rotatable bonds is 3. The maximum atomic E-state index is 13.1. The summed E-state index contributed by atoms with van der Waals surface area (Å²) in [4.78, 5) is 15.4. The number of hydrogen-bond donors (Lipinski definition) is 2. The molecule has 0 bridgehead atoms. The van der Waals surface area contributed by atoms with Crippen molar-refractivity contribution in [2.75, 3.05) is 5.32 Å². The molecule has 22 heavy (non-hydrogen) atoms. The summed E-state index contributed by atoms with van der Waals surface area (Å²) >= 11 is 0. The van der Waals surface area contributed by atoms with Crippen molar-refractivity contribution in [3.05, 3.63) is 59.7 Å². The second-order valence-electron chi connectivity index (χ2n) is 4.36. The molecule has 2 rings (SSSR count). The van der Waals surface area contributed by atoms with E-state index in [0.717, 1.165) is 11.6 Å². The average Bonchev–Trinajstić information content (AvgIpc) is 2.47. The molecule has 0 aliphatic rings. The third-order valence-corrected chi connectivity index (χ3v) is 2.73. The molecular weight excluding hydrogens is 302 g/mol. The van der Waals surface area contributed by atoms with Gasteiger partial charge in [0.05, 0.1) is 5.56 Å². The molecule has 8 heteroatoms. The molecule has 1 aromatic heterocycles. The number of urea groups is 1. The first kappa shape index (κ1) is 15.7. The van der Waals surface area contributed by atoms with Crippen LogP contribution in [0.2, 0.25) is 0 Å². The summed E-state index contributed by atoms with van der Waals surface area (Å²) in [6.45, 7) is 0.182. The monoisotopic (exact) mass is 313 g/mol. The summed E-state index contributed by atoms with van der Waals surface area (Å²) in [5, 5.41) is 4.69. The Kier molecular flexibility index (Phi) is 4.59. The predicted octanol–water partition coefficient (Wildman–Crippen LogP) is 3.56. The van der Waals surface area contributed by atoms with Crippen LogP contribution in [-0.4, -0.2) is 11.0 Å². The quantitative estimate of drug-likeness (QED) is 0.851. The van der Waals surface area contributed by atoms with Crippen molar-refractivity contribution in [2.45, 2.75) is 12.7 Å². The minimum Gasteiger partial charge on any atom is -0.334 e. The Morgan fingerprint density at radius 3 is 2.45 bits per heavy atom. The normalized spacial score (nSPS) is 11.1. The van der Waals surface area contributed by atoms with Crippen molar-refractivity contribution in [2.24, 2.45) is 0 Å². The van der Waals surface area contributed by atoms with Crippen molar-refractivity contribution >= 4 is 11.7 Å². The molecule has 0 radical (unpaired) electrons. The molecule has 1 heterocycles. The van der Waals surface area contributed by atoms with Crippen LogP contribution in [0.15, 0.2) is 42.7 Å². The van der Waals surface area contributed by atoms with Gasteiger partial charge in [0.1, 0.15) is 5.82 Å². The molecule has 0 aliphatic carbocycles. The van der Waals surface area contributed by atoms with Crippen LogP contribution in [0, 0.1) is 5.82 Å². The number of pyridine rings is 1. The highest BCUT2D eigenvalue weighted by Crippen LogP contribution is 2.32. The maximum absolute atomic E-state index is 13.1. The van der Waals surface area contributed by atoms with E-state index in [9.17, 15) is 22.4 Å². The molecule has 0 saturated carbocycles. The summed E-state index contributed by atoms with van der Waals surface area (Å²) < 4.78 is 50.8. The van der Waals surface area contributed by atoms with Crippen LogP contribution in [0.5, 0.6) is 0 Å². The highest BCUT2D eigenvalue weighted by Gasteiger charge is 2.34. The lowest BCUT2D eigenvalue weighted by atomic mass is 10.2. The van der Waals surface area contributed by atoms with Gasteiger partial charge >= 0.3 is 12.2 Å². The topological polar surface area (TPSA) is 54.0 Å². The molecule has 0 unspecified atom stereocenters. The minimum absolute atomic E-state index is 0.152. The van der Waals surface area contributed by atoms with Gasteiger partial charge in [-0.2, -0.15) is 13.2 Å². The lowest BCUT2D eigenvalue weighted by molar-refractivity contribution is -0.139. The molecule has 0 fully saturated rings. The fraction of sp³-hybridized carbons (Fsp3) is 0.143. The maximum Gasteiger partial charge on any atom is 0.419 e. The Hall–Kier alpha value is -2.64. The van der Waals surface area contributed by atoms with Crippen LogP contribution in [0.3, 0.4) is 0 Å². The number of halogens is 4. The number of amides is 2. The van der Waals surface area contributed by atoms with E-state index in [0.29, 0.717) is 12.1 Å². The number of anilines is 1. The summed E-state index contributed by atoms with van der Waals surface area (Å²) in [6, 6.07) is 4.91. The van der Waals surface area contributed by atoms with Crippen LogP contribution in [0.4, 0.5) is 28.0 Å². The standard InChI is InChI=1S/C14H11F4N3O/c15-12-2-1-10(7-11(12)14(16,17)18)21-13(22)20-8-9-3-5-19-6-4-9/h1-7H,8H2,(H2,20,21,22). The number of aromatic nitrogens is 1. The number of benzene rings is 1. The molecule has 1 aromatic carbocycles. The second-order valence-corrected chi connectivity index (χ2v) is 4.36. The molecule has 4 nitrogen and oxygen atoms in total. The first-order valence-electron chi connectivity index (χ1n) is 6.17. The Bertz CT molecular complexity index is 659. The first-order valence-corrected chi connectivity index (χ1v) is 6.17. The number of nitrogens with zero attached hydrogens (tertiary/aromatic N) is 1. The van der Waals surface area contributed by atoms with E-state index in [4.69, 9.17) is 0 Å². The molecular formula is C14H11F4N3O. The number of alkyl halides is 3. The van der Waals surface area contributed by atoms with Gasteiger partial charge in [-0.3, -0.25) is 4.98 Å². The third kappa shape index (κ3) is 4.18. The van der Waals surface area contributed by atoms with Crippen molar-refractivity contribution in [1.29, 1.82) is 0 Å². The van der Waals surface area contributed by atoms with E-state index >= 15 is 0 Å². The molecule has 0 saturated heterocycles. The molecule has 0 aliphatic heterocycles. The van der Waals surface area contributed by atoms with E-state index in [1.807, 2.05) is 0 Å². The van der Waals surface area contributed by atoms with E-state index in [1.165, 1.54) is 0 Å². The molecule has 2 amide bonds. The van der Waals surface area contributed by atoms with Crippen molar-refractivity contribution < 1.29 is 22.4 Å². The van der Waals surface area contributed by atoms with Crippen molar-refractivity contribution in [1.82, 2.24) is 10.3 Å². The molecule has 2 aromatic rings. The van der Waals surface area contributed by atoms with E-state index in [1.54, 1.807) is 24.5 Å². The fourth-order valence-corrected chi connectivity index (χ4v) is 1.68. The number of carbonyl (C=O) groups is 1. The summed E-state index contributed by atoms with van der Waals surface area (Å²) in [6.07, 6.45) is -1.73. The highest BCUT2D eigenvalue weighted by atomic mass is 19.4. The van der Waals surface area contributed by atoms with E-state index in [2.05, 4.69) is 15.6 Å². The van der Waals surface area contributed by atoms with Crippen LogP contribution in [-0.2, 0) is 12.7 Å². The van der Waals surface area contributed by atoms with Gasteiger partial charge in [0, 0.05) is 24.6 Å². The van der Waals surface area contributed by atoms with Gasteiger partial charge in [0.25, 0.3) is 0 Å². The van der Waals surface area contributed by atoms with Crippen LogP contribution < -0.4 is 10.6 Å². The molecule has 0 spiro atoms. The lowest BCUT2D eigenvalue weighted by Gasteiger charge is -2.11. The van der Waals surface area contributed by atoms with Crippen LogP contribution in [0.25, 0.3) is 0 Å². The second kappa shape index (κ2) is 6.42. The van der Waals surface area contributed by atoms with Crippen molar-refractivity contribution in [3.63, 3.8) is 0 Å². The smallest absolute Gasteiger partial charge is 0.334 e. The van der Waals surface area contributed by atoms with Crippen LogP contribution >= 0.6 is 0 Å². The zero-order valence-corrected chi connectivity index (χ0v) is 11.1. The Morgan fingerprint density at radius 2 is 1.82 bits per heavy atom. The molecule has 0 atom stereocenters. The average molecular weight is 313 g/mol. The molecule has 116 valence electrons. The minimum atomic E-state index is -4.82. The summed E-state index contributed by atoms with van der Waals surface area (Å²) in [5.74, 6) is -1.39. The highest BCUT2D eigenvalue weighted by molar-refractivity contribution is 5.89. The van der Waals surface area contributed by atoms with Gasteiger partial charge in [-0.1, -0.05) is 0 Å². The Morgan fingerprint density at radius 1 is 1.14 bits per heavy atom. The van der Waals surface area contributed by atoms with Gasteiger partial charge < -0.3 is 10.6 Å². The van der Waals surface area contributed by atoms with Gasteiger partial charge in [-0.25, -0.2) is 9.18 Å². The van der Waals surface area contributed by atoms with Gasteiger partial charge in [-0.15, -0.1) is 0 Å². The van der Waals surface area contributed by atoms with E-state index < -0.39 is 23.6 Å². The predicted molar refractivity (Wildman–Crippen MR) is 71.5 cm³/mol. The first-order chi connectivity index (χ1) is 10.4. The van der Waals surface area contributed by atoms with Gasteiger partial charge in [0.2, 0.25) is 0 Å². The number of carbonyl (C=O) groups excluding carboxylic acids is 1. The lowest BCUT2D eigenvalue weighted by Crippen LogP contribution is -2.28. The zero-order valence-electron chi connectivity index (χ0n) is 11.1. The number of hydrogen-bond acceptors (Lipinski definition) is 2. The van der Waals surface area contributed by atoms with E-state index in [-0.39, 0.29) is 12.2 Å². The van der Waals surface area contributed by atoms with Gasteiger partial charge in [-0.05, 0) is 35.9 Å². The third-order valence-electron chi connectivity index (χ3n) is 2.73. The fourth-order valence-electron chi connectivity index (χ4n) is 1.68. The zero-order chi connectivity index (χ0) is 16.2.